The molecule has 0 aliphatic carbocycles. The maximum Gasteiger partial charge on any atom is 0.0320 e. The summed E-state index contributed by atoms with van der Waals surface area (Å²) in [7, 11) is 0. The second kappa shape index (κ2) is 5.51. The predicted octanol–water partition coefficient (Wildman–Crippen LogP) is 3.18. The van der Waals surface area contributed by atoms with Gasteiger partial charge in [-0.25, -0.2) is 0 Å². The van der Waals surface area contributed by atoms with Crippen LogP contribution in [0.3, 0.4) is 0 Å². The van der Waals surface area contributed by atoms with Crippen LogP contribution in [0, 0.1) is 5.92 Å². The fraction of sp³-hybridized carbons (Fsp3) is 0.571. The summed E-state index contributed by atoms with van der Waals surface area (Å²) < 4.78 is 1.14. The van der Waals surface area contributed by atoms with Gasteiger partial charge in [0.15, 0.2) is 0 Å². The first-order valence-corrected chi connectivity index (χ1v) is 7.10. The monoisotopic (exact) mass is 296 g/mol. The summed E-state index contributed by atoms with van der Waals surface area (Å²) in [6.07, 6.45) is 1.16. The Bertz CT molecular complexity index is 353. The molecular weight excluding hydrogens is 276 g/mol. The molecule has 1 heterocycles. The van der Waals surface area contributed by atoms with E-state index < -0.39 is 0 Å². The van der Waals surface area contributed by atoms with Gasteiger partial charge in [-0.15, -0.1) is 0 Å². The zero-order valence-electron chi connectivity index (χ0n) is 10.6. The van der Waals surface area contributed by atoms with Crippen molar-refractivity contribution >= 4 is 15.9 Å². The third kappa shape index (κ3) is 3.30. The molecule has 0 spiro atoms. The molecule has 1 aromatic carbocycles. The Kier molecular flexibility index (Phi) is 4.23. The van der Waals surface area contributed by atoms with Crippen LogP contribution in [-0.4, -0.2) is 24.0 Å². The molecule has 2 nitrogen and oxygen atoms in total. The second-order valence-electron chi connectivity index (χ2n) is 5.28. The third-order valence-corrected chi connectivity index (χ3v) is 4.15. The van der Waals surface area contributed by atoms with Crippen LogP contribution in [0.2, 0.25) is 0 Å². The number of piperidine rings is 1. The van der Waals surface area contributed by atoms with E-state index in [-0.39, 0.29) is 0 Å². The van der Waals surface area contributed by atoms with E-state index in [1.54, 1.807) is 0 Å². The molecule has 1 saturated heterocycles. The van der Waals surface area contributed by atoms with Gasteiger partial charge in [-0.3, -0.25) is 4.90 Å². The first kappa shape index (κ1) is 13.1. The smallest absolute Gasteiger partial charge is 0.0320 e. The van der Waals surface area contributed by atoms with Gasteiger partial charge in [-0.2, -0.15) is 0 Å². The van der Waals surface area contributed by atoms with Crippen molar-refractivity contribution in [2.24, 2.45) is 11.7 Å². The van der Waals surface area contributed by atoms with Gasteiger partial charge >= 0.3 is 0 Å². The van der Waals surface area contributed by atoms with Crippen LogP contribution in [0.25, 0.3) is 0 Å². The average Bonchev–Trinajstić information content (AvgIpc) is 2.28. The Balaban J connectivity index is 2.08. The maximum absolute atomic E-state index is 6.11. The molecule has 17 heavy (non-hydrogen) atoms. The predicted molar refractivity (Wildman–Crippen MR) is 75.9 cm³/mol. The largest absolute Gasteiger partial charge is 0.327 e. The highest BCUT2D eigenvalue weighted by molar-refractivity contribution is 9.10. The van der Waals surface area contributed by atoms with Crippen molar-refractivity contribution in [1.82, 2.24) is 4.90 Å². The molecular formula is C14H21BrN2. The molecule has 1 fully saturated rings. The number of rotatable bonds is 2. The molecule has 0 saturated carbocycles. The molecule has 3 unspecified atom stereocenters. The number of likely N-dealkylation sites (tertiary alicyclic amines) is 1. The van der Waals surface area contributed by atoms with E-state index >= 15 is 0 Å². The van der Waals surface area contributed by atoms with Crippen LogP contribution in [0.15, 0.2) is 28.7 Å². The number of hydrogen-bond donors (Lipinski definition) is 1. The van der Waals surface area contributed by atoms with Gasteiger partial charge in [0.2, 0.25) is 0 Å². The summed E-state index contributed by atoms with van der Waals surface area (Å²) in [5.41, 5.74) is 7.48. The molecule has 3 atom stereocenters. The summed E-state index contributed by atoms with van der Waals surface area (Å²) in [6, 6.07) is 9.39. The summed E-state index contributed by atoms with van der Waals surface area (Å²) >= 11 is 3.48. The highest BCUT2D eigenvalue weighted by atomic mass is 79.9. The van der Waals surface area contributed by atoms with Crippen LogP contribution < -0.4 is 5.73 Å². The van der Waals surface area contributed by atoms with Gasteiger partial charge in [-0.1, -0.05) is 35.0 Å². The van der Waals surface area contributed by atoms with E-state index in [4.69, 9.17) is 5.73 Å². The van der Waals surface area contributed by atoms with Gasteiger partial charge in [0, 0.05) is 29.6 Å². The lowest BCUT2D eigenvalue weighted by atomic mass is 9.94. The number of benzene rings is 1. The summed E-state index contributed by atoms with van der Waals surface area (Å²) in [4.78, 5) is 2.50. The molecule has 2 N–H and O–H groups in total. The highest BCUT2D eigenvalue weighted by Gasteiger charge is 2.26. The Morgan fingerprint density at radius 1 is 1.29 bits per heavy atom. The molecule has 2 rings (SSSR count). The van der Waals surface area contributed by atoms with Gasteiger partial charge in [0.1, 0.15) is 0 Å². The Labute approximate surface area is 112 Å². The van der Waals surface area contributed by atoms with E-state index in [1.807, 2.05) is 0 Å². The minimum Gasteiger partial charge on any atom is -0.327 e. The maximum atomic E-state index is 6.11. The van der Waals surface area contributed by atoms with Gasteiger partial charge in [0.05, 0.1) is 0 Å². The SMILES string of the molecule is CC1CC(N)CN(C(C)c2ccc(Br)cc2)C1. The molecule has 3 heteroatoms. The van der Waals surface area contributed by atoms with E-state index in [2.05, 4.69) is 58.9 Å². The molecule has 0 radical (unpaired) electrons. The van der Waals surface area contributed by atoms with Gasteiger partial charge in [-0.05, 0) is 37.0 Å². The lowest BCUT2D eigenvalue weighted by Gasteiger charge is -2.38. The molecule has 1 aliphatic rings. The Morgan fingerprint density at radius 2 is 1.94 bits per heavy atom. The van der Waals surface area contributed by atoms with E-state index in [9.17, 15) is 0 Å². The number of hydrogen-bond acceptors (Lipinski definition) is 2. The summed E-state index contributed by atoms with van der Waals surface area (Å²) in [5.74, 6) is 0.705. The van der Waals surface area contributed by atoms with E-state index in [0.717, 1.165) is 24.0 Å². The first-order chi connectivity index (χ1) is 8.06. The Hall–Kier alpha value is -0.380. The van der Waals surface area contributed by atoms with Crippen LogP contribution >= 0.6 is 15.9 Å². The quantitative estimate of drug-likeness (QED) is 0.908. The lowest BCUT2D eigenvalue weighted by molar-refractivity contribution is 0.124. The van der Waals surface area contributed by atoms with Crippen LogP contribution in [0.4, 0.5) is 0 Å². The van der Waals surface area contributed by atoms with Crippen molar-refractivity contribution in [2.75, 3.05) is 13.1 Å². The minimum absolute atomic E-state index is 0.330. The molecule has 1 aliphatic heterocycles. The average molecular weight is 297 g/mol. The fourth-order valence-electron chi connectivity index (χ4n) is 2.71. The molecule has 94 valence electrons. The molecule has 0 aromatic heterocycles. The lowest BCUT2D eigenvalue weighted by Crippen LogP contribution is -2.47. The first-order valence-electron chi connectivity index (χ1n) is 6.31. The molecule has 0 amide bonds. The standard InChI is InChI=1S/C14H21BrN2/c1-10-7-14(16)9-17(8-10)11(2)12-3-5-13(15)6-4-12/h3-6,10-11,14H,7-9,16H2,1-2H3. The fourth-order valence-corrected chi connectivity index (χ4v) is 2.97. The zero-order valence-corrected chi connectivity index (χ0v) is 12.2. The van der Waals surface area contributed by atoms with Crippen LogP contribution in [0.5, 0.6) is 0 Å². The zero-order chi connectivity index (χ0) is 12.4. The van der Waals surface area contributed by atoms with Crippen molar-refractivity contribution in [3.63, 3.8) is 0 Å². The van der Waals surface area contributed by atoms with Crippen molar-refractivity contribution in [3.05, 3.63) is 34.3 Å². The van der Waals surface area contributed by atoms with Crippen molar-refractivity contribution in [1.29, 1.82) is 0 Å². The highest BCUT2D eigenvalue weighted by Crippen LogP contribution is 2.26. The van der Waals surface area contributed by atoms with Gasteiger partial charge < -0.3 is 5.73 Å². The normalized spacial score (nSPS) is 28.0. The van der Waals surface area contributed by atoms with E-state index in [1.165, 1.54) is 5.56 Å². The second-order valence-corrected chi connectivity index (χ2v) is 6.20. The van der Waals surface area contributed by atoms with Crippen molar-refractivity contribution in [3.8, 4) is 0 Å². The van der Waals surface area contributed by atoms with Crippen molar-refractivity contribution < 1.29 is 0 Å². The molecule has 0 bridgehead atoms. The number of halogens is 1. The number of nitrogens with zero attached hydrogens (tertiary/aromatic N) is 1. The van der Waals surface area contributed by atoms with Crippen molar-refractivity contribution in [2.45, 2.75) is 32.4 Å². The third-order valence-electron chi connectivity index (χ3n) is 3.62. The minimum atomic E-state index is 0.330. The summed E-state index contributed by atoms with van der Waals surface area (Å²) in [5, 5.41) is 0. The van der Waals surface area contributed by atoms with E-state index in [0.29, 0.717) is 18.0 Å². The summed E-state index contributed by atoms with van der Waals surface area (Å²) in [6.45, 7) is 6.74. The van der Waals surface area contributed by atoms with Crippen LogP contribution in [0.1, 0.15) is 31.9 Å². The van der Waals surface area contributed by atoms with Gasteiger partial charge in [0.25, 0.3) is 0 Å². The topological polar surface area (TPSA) is 29.3 Å². The number of nitrogens with two attached hydrogens (primary N) is 1. The Morgan fingerprint density at radius 3 is 2.53 bits per heavy atom. The van der Waals surface area contributed by atoms with Crippen LogP contribution in [-0.2, 0) is 0 Å². The molecule has 1 aromatic rings.